The normalized spacial score (nSPS) is 20.3. The largest absolute Gasteiger partial charge is 0.391 e. The highest BCUT2D eigenvalue weighted by Crippen LogP contribution is 2.31. The second-order valence-corrected chi connectivity index (χ2v) is 7.01. The van der Waals surface area contributed by atoms with Gasteiger partial charge in [-0.3, -0.25) is 9.78 Å². The zero-order valence-corrected chi connectivity index (χ0v) is 14.8. The second-order valence-electron chi connectivity index (χ2n) is 7.01. The van der Waals surface area contributed by atoms with Crippen LogP contribution in [0.3, 0.4) is 0 Å². The molecular weight excluding hydrogens is 324 g/mol. The predicted molar refractivity (Wildman–Crippen MR) is 102 cm³/mol. The molecule has 1 aliphatic rings. The molecule has 26 heavy (non-hydrogen) atoms. The van der Waals surface area contributed by atoms with Gasteiger partial charge in [0.1, 0.15) is 0 Å². The topological polar surface area (TPSA) is 53.4 Å². The lowest BCUT2D eigenvalue weighted by Gasteiger charge is -2.36. The van der Waals surface area contributed by atoms with E-state index in [0.29, 0.717) is 18.7 Å². The van der Waals surface area contributed by atoms with Crippen molar-refractivity contribution in [2.24, 2.45) is 0 Å². The highest BCUT2D eigenvalue weighted by atomic mass is 16.3. The van der Waals surface area contributed by atoms with Gasteiger partial charge in [0.05, 0.1) is 11.7 Å². The van der Waals surface area contributed by atoms with Crippen molar-refractivity contribution < 1.29 is 9.90 Å². The van der Waals surface area contributed by atoms with Crippen molar-refractivity contribution in [2.45, 2.75) is 25.4 Å². The lowest BCUT2D eigenvalue weighted by Crippen LogP contribution is -2.45. The molecule has 0 radical (unpaired) electrons. The number of pyridine rings is 1. The van der Waals surface area contributed by atoms with Gasteiger partial charge in [-0.1, -0.05) is 42.5 Å². The van der Waals surface area contributed by atoms with Crippen LogP contribution in [-0.2, 0) is 0 Å². The molecule has 3 aromatic rings. The second kappa shape index (κ2) is 6.89. The maximum absolute atomic E-state index is 12.6. The lowest BCUT2D eigenvalue weighted by molar-refractivity contribution is 0.0382. The van der Waals surface area contributed by atoms with Crippen molar-refractivity contribution in [2.75, 3.05) is 13.1 Å². The van der Waals surface area contributed by atoms with Gasteiger partial charge >= 0.3 is 0 Å². The summed E-state index contributed by atoms with van der Waals surface area (Å²) in [5.41, 5.74) is 2.60. The minimum atomic E-state index is -0.563. The number of nitrogens with zero attached hydrogens (tertiary/aromatic N) is 2. The summed E-state index contributed by atoms with van der Waals surface area (Å²) in [6, 6.07) is 18.2. The summed E-state index contributed by atoms with van der Waals surface area (Å²) in [5, 5.41) is 13.1. The average Bonchev–Trinajstić information content (AvgIpc) is 2.67. The number of hydrogen-bond donors (Lipinski definition) is 1. The molecule has 4 heteroatoms. The van der Waals surface area contributed by atoms with Crippen LogP contribution in [0.2, 0.25) is 0 Å². The molecule has 1 amide bonds. The number of β-amino-alcohol motifs (C(OH)–C–C–N with tert-alkyl or cyclic N) is 1. The van der Waals surface area contributed by atoms with Crippen molar-refractivity contribution in [1.82, 2.24) is 9.88 Å². The van der Waals surface area contributed by atoms with Gasteiger partial charge in [-0.05, 0) is 41.8 Å². The molecule has 2 heterocycles. The Balaban J connectivity index is 1.50. The summed E-state index contributed by atoms with van der Waals surface area (Å²) in [6.45, 7) is 2.89. The molecule has 4 nitrogen and oxygen atoms in total. The van der Waals surface area contributed by atoms with Crippen LogP contribution in [0.25, 0.3) is 10.8 Å². The number of rotatable bonds is 2. The molecule has 1 saturated heterocycles. The first-order chi connectivity index (χ1) is 12.6. The molecule has 0 aliphatic carbocycles. The number of hydrogen-bond acceptors (Lipinski definition) is 3. The molecular formula is C22H22N2O2. The zero-order chi connectivity index (χ0) is 18.1. The van der Waals surface area contributed by atoms with Crippen molar-refractivity contribution in [1.29, 1.82) is 0 Å². The Labute approximate surface area is 153 Å². The number of likely N-dealkylation sites (tertiary alicyclic amines) is 1. The molecule has 4 rings (SSSR count). The van der Waals surface area contributed by atoms with E-state index in [0.717, 1.165) is 17.7 Å². The zero-order valence-electron chi connectivity index (χ0n) is 14.8. The number of carbonyl (C=O) groups excluding carboxylic acids is 1. The molecule has 1 N–H and O–H groups in total. The van der Waals surface area contributed by atoms with E-state index in [-0.39, 0.29) is 11.8 Å². The van der Waals surface area contributed by atoms with Gasteiger partial charge in [-0.25, -0.2) is 0 Å². The first kappa shape index (κ1) is 16.7. The van der Waals surface area contributed by atoms with Crippen LogP contribution < -0.4 is 0 Å². The molecule has 2 atom stereocenters. The van der Waals surface area contributed by atoms with Gasteiger partial charge in [-0.15, -0.1) is 0 Å². The Bertz CT molecular complexity index is 936. The van der Waals surface area contributed by atoms with Crippen LogP contribution in [0.15, 0.2) is 60.8 Å². The molecule has 132 valence electrons. The fourth-order valence-electron chi connectivity index (χ4n) is 3.72. The van der Waals surface area contributed by atoms with Crippen molar-refractivity contribution in [3.8, 4) is 0 Å². The van der Waals surface area contributed by atoms with E-state index in [9.17, 15) is 9.90 Å². The van der Waals surface area contributed by atoms with Gasteiger partial charge in [-0.2, -0.15) is 0 Å². The molecule has 0 unspecified atom stereocenters. The first-order valence-corrected chi connectivity index (χ1v) is 9.00. The molecule has 0 bridgehead atoms. The minimum absolute atomic E-state index is 0.0554. The van der Waals surface area contributed by atoms with Crippen molar-refractivity contribution in [3.63, 3.8) is 0 Å². The summed E-state index contributed by atoms with van der Waals surface area (Å²) < 4.78 is 0. The smallest absolute Gasteiger partial charge is 0.255 e. The van der Waals surface area contributed by atoms with Crippen LogP contribution in [-0.4, -0.2) is 40.1 Å². The maximum atomic E-state index is 12.6. The fourth-order valence-corrected chi connectivity index (χ4v) is 3.72. The Morgan fingerprint density at radius 3 is 2.65 bits per heavy atom. The standard InChI is InChI=1S/C22H22N2O2/c1-15-6-7-19(13-23-15)22(26)24-11-10-20(21(25)14-24)18-9-8-16-4-2-3-5-17(16)12-18/h2-9,12-13,20-21,25H,10-11,14H2,1H3/t20-,21+/m0/s1. The Kier molecular flexibility index (Phi) is 4.43. The van der Waals surface area contributed by atoms with E-state index < -0.39 is 6.10 Å². The van der Waals surface area contributed by atoms with E-state index in [1.807, 2.05) is 25.1 Å². The Morgan fingerprint density at radius 2 is 1.92 bits per heavy atom. The van der Waals surface area contributed by atoms with Crippen LogP contribution in [0.1, 0.15) is 34.0 Å². The van der Waals surface area contributed by atoms with Gasteiger partial charge in [0.15, 0.2) is 0 Å². The molecule has 0 spiro atoms. The number of aliphatic hydroxyl groups excluding tert-OH is 1. The number of amides is 1. The van der Waals surface area contributed by atoms with E-state index in [1.54, 1.807) is 17.2 Å². The van der Waals surface area contributed by atoms with E-state index in [2.05, 4.69) is 35.3 Å². The third-order valence-corrected chi connectivity index (χ3v) is 5.23. The van der Waals surface area contributed by atoms with Crippen molar-refractivity contribution >= 4 is 16.7 Å². The van der Waals surface area contributed by atoms with E-state index in [4.69, 9.17) is 0 Å². The van der Waals surface area contributed by atoms with Gasteiger partial charge in [0.25, 0.3) is 5.91 Å². The Hall–Kier alpha value is -2.72. The Morgan fingerprint density at radius 1 is 1.12 bits per heavy atom. The summed E-state index contributed by atoms with van der Waals surface area (Å²) in [4.78, 5) is 18.6. The summed E-state index contributed by atoms with van der Waals surface area (Å²) in [6.07, 6.45) is 1.80. The summed E-state index contributed by atoms with van der Waals surface area (Å²) in [5.74, 6) is -0.00619. The monoisotopic (exact) mass is 346 g/mol. The van der Waals surface area contributed by atoms with Gasteiger partial charge < -0.3 is 10.0 Å². The van der Waals surface area contributed by atoms with Crippen LogP contribution >= 0.6 is 0 Å². The maximum Gasteiger partial charge on any atom is 0.255 e. The van der Waals surface area contributed by atoms with E-state index >= 15 is 0 Å². The number of aliphatic hydroxyl groups is 1. The quantitative estimate of drug-likeness (QED) is 0.772. The predicted octanol–water partition coefficient (Wildman–Crippen LogP) is 3.53. The lowest BCUT2D eigenvalue weighted by atomic mass is 9.86. The summed E-state index contributed by atoms with van der Waals surface area (Å²) in [7, 11) is 0. The molecule has 1 aliphatic heterocycles. The number of aryl methyl sites for hydroxylation is 1. The SMILES string of the molecule is Cc1ccc(C(=O)N2CC[C@@H](c3ccc4ccccc4c3)[C@H](O)C2)cn1. The number of piperidine rings is 1. The molecule has 1 aromatic heterocycles. The highest BCUT2D eigenvalue weighted by Gasteiger charge is 2.31. The molecule has 0 saturated carbocycles. The number of benzene rings is 2. The van der Waals surface area contributed by atoms with Crippen LogP contribution in [0, 0.1) is 6.92 Å². The van der Waals surface area contributed by atoms with Gasteiger partial charge in [0.2, 0.25) is 0 Å². The van der Waals surface area contributed by atoms with Gasteiger partial charge in [0, 0.05) is 30.9 Å². The summed E-state index contributed by atoms with van der Waals surface area (Å²) >= 11 is 0. The fraction of sp³-hybridized carbons (Fsp3) is 0.273. The number of carbonyl (C=O) groups is 1. The molecule has 1 fully saturated rings. The minimum Gasteiger partial charge on any atom is -0.391 e. The third-order valence-electron chi connectivity index (χ3n) is 5.23. The van der Waals surface area contributed by atoms with Crippen LogP contribution in [0.4, 0.5) is 0 Å². The average molecular weight is 346 g/mol. The van der Waals surface area contributed by atoms with Crippen LogP contribution in [0.5, 0.6) is 0 Å². The first-order valence-electron chi connectivity index (χ1n) is 9.00. The van der Waals surface area contributed by atoms with E-state index in [1.165, 1.54) is 10.8 Å². The van der Waals surface area contributed by atoms with Crippen molar-refractivity contribution in [3.05, 3.63) is 77.6 Å². The molecule has 2 aromatic carbocycles. The highest BCUT2D eigenvalue weighted by molar-refractivity contribution is 5.94. The number of fused-ring (bicyclic) bond motifs is 1. The third kappa shape index (κ3) is 3.20. The number of aromatic nitrogens is 1.